The standard InChI is InChI=1S/C20H20N2O6S/c23-20(24)16-2-1-3-17-19(16)27-12-18(28-17)15-8-14(9-21-11-15)10-22-29(25,26)7-6-13-4-5-13/h1-3,8-9,11-13,22H,4-7,10H2,(H,23,24). The summed E-state index contributed by atoms with van der Waals surface area (Å²) in [6.45, 7) is 0.127. The number of aromatic nitrogens is 1. The van der Waals surface area contributed by atoms with E-state index in [0.717, 1.165) is 12.8 Å². The van der Waals surface area contributed by atoms with Gasteiger partial charge in [0.1, 0.15) is 11.8 Å². The van der Waals surface area contributed by atoms with Gasteiger partial charge < -0.3 is 14.6 Å². The molecule has 0 unspecified atom stereocenters. The number of rotatable bonds is 8. The van der Waals surface area contributed by atoms with Crippen molar-refractivity contribution in [2.24, 2.45) is 5.92 Å². The Bertz CT molecular complexity index is 1080. The van der Waals surface area contributed by atoms with Gasteiger partial charge in [-0.25, -0.2) is 17.9 Å². The lowest BCUT2D eigenvalue weighted by atomic mass is 10.1. The largest absolute Gasteiger partial charge is 0.478 e. The molecule has 2 heterocycles. The number of ether oxygens (including phenoxy) is 2. The Morgan fingerprint density at radius 1 is 1.28 bits per heavy atom. The van der Waals surface area contributed by atoms with Crippen LogP contribution in [0.15, 0.2) is 42.9 Å². The predicted octanol–water partition coefficient (Wildman–Crippen LogP) is 2.77. The molecule has 4 rings (SSSR count). The van der Waals surface area contributed by atoms with Crippen molar-refractivity contribution in [3.63, 3.8) is 0 Å². The van der Waals surface area contributed by atoms with E-state index in [1.165, 1.54) is 12.3 Å². The van der Waals surface area contributed by atoms with E-state index in [-0.39, 0.29) is 29.4 Å². The van der Waals surface area contributed by atoms with Gasteiger partial charge in [-0.1, -0.05) is 18.9 Å². The van der Waals surface area contributed by atoms with Crippen LogP contribution in [0.1, 0.15) is 40.7 Å². The van der Waals surface area contributed by atoms with E-state index in [9.17, 15) is 18.3 Å². The van der Waals surface area contributed by atoms with Crippen molar-refractivity contribution in [2.75, 3.05) is 5.75 Å². The fourth-order valence-corrected chi connectivity index (χ4v) is 4.16. The number of para-hydroxylation sites is 1. The molecule has 2 aromatic rings. The topological polar surface area (TPSA) is 115 Å². The molecule has 1 aliphatic heterocycles. The third kappa shape index (κ3) is 4.75. The Morgan fingerprint density at radius 3 is 2.86 bits per heavy atom. The third-order valence-electron chi connectivity index (χ3n) is 4.78. The van der Waals surface area contributed by atoms with E-state index < -0.39 is 16.0 Å². The van der Waals surface area contributed by atoms with Crippen LogP contribution in [0, 0.1) is 5.92 Å². The number of carboxylic acids is 1. The Balaban J connectivity index is 1.45. The number of sulfonamides is 1. The number of aromatic carboxylic acids is 1. The first-order valence-corrected chi connectivity index (χ1v) is 10.9. The first-order valence-electron chi connectivity index (χ1n) is 9.24. The van der Waals surface area contributed by atoms with Crippen molar-refractivity contribution in [3.8, 4) is 11.5 Å². The molecule has 0 spiro atoms. The van der Waals surface area contributed by atoms with Crippen LogP contribution in [0.3, 0.4) is 0 Å². The van der Waals surface area contributed by atoms with E-state index in [4.69, 9.17) is 9.47 Å². The van der Waals surface area contributed by atoms with Crippen LogP contribution in [0.2, 0.25) is 0 Å². The molecule has 1 aromatic heterocycles. The maximum Gasteiger partial charge on any atom is 0.339 e. The average Bonchev–Trinajstić information content (AvgIpc) is 3.55. The van der Waals surface area contributed by atoms with E-state index in [1.807, 2.05) is 0 Å². The number of nitrogens with one attached hydrogen (secondary N) is 1. The molecule has 9 heteroatoms. The fraction of sp³-hybridized carbons (Fsp3) is 0.300. The maximum atomic E-state index is 12.1. The average molecular weight is 416 g/mol. The minimum Gasteiger partial charge on any atom is -0.478 e. The Morgan fingerprint density at radius 2 is 2.10 bits per heavy atom. The van der Waals surface area contributed by atoms with Gasteiger partial charge in [0.15, 0.2) is 17.3 Å². The number of pyridine rings is 1. The summed E-state index contributed by atoms with van der Waals surface area (Å²) in [5.41, 5.74) is 1.27. The highest BCUT2D eigenvalue weighted by Gasteiger charge is 2.24. The first kappa shape index (κ1) is 19.4. The quantitative estimate of drug-likeness (QED) is 0.680. The molecule has 2 N–H and O–H groups in total. The summed E-state index contributed by atoms with van der Waals surface area (Å²) in [4.78, 5) is 15.4. The highest BCUT2D eigenvalue weighted by Crippen LogP contribution is 2.38. The van der Waals surface area contributed by atoms with Gasteiger partial charge in [-0.15, -0.1) is 0 Å². The summed E-state index contributed by atoms with van der Waals surface area (Å²) in [5, 5.41) is 9.23. The summed E-state index contributed by atoms with van der Waals surface area (Å²) in [6, 6.07) is 6.36. The number of nitrogens with zero attached hydrogens (tertiary/aromatic N) is 1. The van der Waals surface area contributed by atoms with Crippen LogP contribution in [-0.4, -0.2) is 30.2 Å². The van der Waals surface area contributed by atoms with Gasteiger partial charge in [0.2, 0.25) is 10.0 Å². The molecule has 8 nitrogen and oxygen atoms in total. The zero-order valence-electron chi connectivity index (χ0n) is 15.5. The van der Waals surface area contributed by atoms with Gasteiger partial charge in [-0.2, -0.15) is 0 Å². The number of hydrogen-bond donors (Lipinski definition) is 2. The molecule has 1 aromatic carbocycles. The van der Waals surface area contributed by atoms with Gasteiger partial charge in [-0.05, 0) is 36.1 Å². The van der Waals surface area contributed by atoms with Crippen LogP contribution in [-0.2, 0) is 16.6 Å². The molecule has 2 aliphatic rings. The smallest absolute Gasteiger partial charge is 0.339 e. The monoisotopic (exact) mass is 416 g/mol. The highest BCUT2D eigenvalue weighted by molar-refractivity contribution is 7.89. The molecular weight excluding hydrogens is 396 g/mol. The van der Waals surface area contributed by atoms with Gasteiger partial charge in [-0.3, -0.25) is 4.98 Å². The summed E-state index contributed by atoms with van der Waals surface area (Å²) in [5.74, 6) is 0.350. The molecule has 152 valence electrons. The zero-order valence-corrected chi connectivity index (χ0v) is 16.3. The zero-order chi connectivity index (χ0) is 20.4. The van der Waals surface area contributed by atoms with Gasteiger partial charge >= 0.3 is 5.97 Å². The van der Waals surface area contributed by atoms with Crippen LogP contribution < -0.4 is 14.2 Å². The normalized spacial score (nSPS) is 15.7. The molecule has 0 radical (unpaired) electrons. The lowest BCUT2D eigenvalue weighted by Crippen LogP contribution is -2.26. The molecule has 1 fully saturated rings. The van der Waals surface area contributed by atoms with Crippen LogP contribution >= 0.6 is 0 Å². The molecule has 29 heavy (non-hydrogen) atoms. The van der Waals surface area contributed by atoms with Crippen molar-refractivity contribution < 1.29 is 27.8 Å². The van der Waals surface area contributed by atoms with Gasteiger partial charge in [0.25, 0.3) is 0 Å². The summed E-state index contributed by atoms with van der Waals surface area (Å²) in [6.07, 6.45) is 7.39. The number of hydrogen-bond acceptors (Lipinski definition) is 6. The number of carbonyl (C=O) groups is 1. The van der Waals surface area contributed by atoms with E-state index in [2.05, 4.69) is 9.71 Å². The summed E-state index contributed by atoms with van der Waals surface area (Å²) >= 11 is 0. The first-order chi connectivity index (χ1) is 13.9. The Hall–Kier alpha value is -2.91. The van der Waals surface area contributed by atoms with Gasteiger partial charge in [0.05, 0.1) is 5.75 Å². The second-order valence-electron chi connectivity index (χ2n) is 7.09. The number of carboxylic acid groups (broad SMARTS) is 1. The lowest BCUT2D eigenvalue weighted by Gasteiger charge is -2.19. The maximum absolute atomic E-state index is 12.1. The minimum absolute atomic E-state index is 0.00489. The Kier molecular flexibility index (Phi) is 5.25. The fourth-order valence-electron chi connectivity index (χ4n) is 2.98. The van der Waals surface area contributed by atoms with Crippen LogP contribution in [0.25, 0.3) is 5.76 Å². The summed E-state index contributed by atoms with van der Waals surface area (Å²) in [7, 11) is -3.33. The minimum atomic E-state index is -3.33. The van der Waals surface area contributed by atoms with E-state index >= 15 is 0 Å². The van der Waals surface area contributed by atoms with Crippen molar-refractivity contribution in [1.29, 1.82) is 0 Å². The lowest BCUT2D eigenvalue weighted by molar-refractivity contribution is 0.0693. The molecule has 1 aliphatic carbocycles. The van der Waals surface area contributed by atoms with Crippen LogP contribution in [0.5, 0.6) is 11.5 Å². The highest BCUT2D eigenvalue weighted by atomic mass is 32.2. The molecule has 1 saturated carbocycles. The second-order valence-corrected chi connectivity index (χ2v) is 9.02. The third-order valence-corrected chi connectivity index (χ3v) is 6.14. The van der Waals surface area contributed by atoms with Gasteiger partial charge in [0, 0.05) is 24.5 Å². The molecule has 0 saturated heterocycles. The predicted molar refractivity (Wildman–Crippen MR) is 105 cm³/mol. The second kappa shape index (κ2) is 7.84. The molecular formula is C20H20N2O6S. The van der Waals surface area contributed by atoms with Crippen molar-refractivity contribution in [1.82, 2.24) is 9.71 Å². The van der Waals surface area contributed by atoms with Crippen LogP contribution in [0.4, 0.5) is 0 Å². The van der Waals surface area contributed by atoms with E-state index in [1.54, 1.807) is 30.6 Å². The molecule has 0 bridgehead atoms. The van der Waals surface area contributed by atoms with E-state index in [0.29, 0.717) is 29.2 Å². The van der Waals surface area contributed by atoms with Crippen molar-refractivity contribution >= 4 is 21.8 Å². The molecule has 0 atom stereocenters. The number of benzene rings is 1. The Labute approximate surface area is 168 Å². The van der Waals surface area contributed by atoms with Crippen molar-refractivity contribution in [2.45, 2.75) is 25.8 Å². The summed E-state index contributed by atoms with van der Waals surface area (Å²) < 4.78 is 38.1. The molecule has 0 amide bonds. The SMILES string of the molecule is O=C(O)c1cccc2c1OC=C(c1cncc(CNS(=O)(=O)CCC3CC3)c1)O2. The number of fused-ring (bicyclic) bond motifs is 1. The van der Waals surface area contributed by atoms with Crippen molar-refractivity contribution in [3.05, 3.63) is 59.6 Å².